The lowest BCUT2D eigenvalue weighted by Crippen LogP contribution is -2.24. The fourth-order valence-corrected chi connectivity index (χ4v) is 3.17. The van der Waals surface area contributed by atoms with Crippen LogP contribution in [0.5, 0.6) is 0 Å². The Labute approximate surface area is 96.9 Å². The van der Waals surface area contributed by atoms with E-state index in [1.54, 1.807) is 0 Å². The van der Waals surface area contributed by atoms with Crippen molar-refractivity contribution in [3.63, 3.8) is 0 Å². The fourth-order valence-electron chi connectivity index (χ4n) is 3.17. The molecule has 16 heavy (non-hydrogen) atoms. The van der Waals surface area contributed by atoms with Crippen molar-refractivity contribution in [2.24, 2.45) is 0 Å². The largest absolute Gasteiger partial charge is 0.361 e. The van der Waals surface area contributed by atoms with Gasteiger partial charge < -0.3 is 4.98 Å². The van der Waals surface area contributed by atoms with Crippen LogP contribution in [0.15, 0.2) is 30.5 Å². The monoisotopic (exact) mass is 213 g/mol. The molecule has 1 aromatic heterocycles. The minimum absolute atomic E-state index is 0.401. The van der Waals surface area contributed by atoms with Gasteiger partial charge in [0.15, 0.2) is 0 Å². The fraction of sp³-hybridized carbons (Fsp3) is 0.467. The molecule has 3 rings (SSSR count). The van der Waals surface area contributed by atoms with E-state index in [9.17, 15) is 0 Å². The molecule has 84 valence electrons. The highest BCUT2D eigenvalue weighted by Crippen LogP contribution is 2.41. The Morgan fingerprint density at radius 1 is 1.06 bits per heavy atom. The number of hydrogen-bond acceptors (Lipinski definition) is 0. The predicted molar refractivity (Wildman–Crippen MR) is 68.7 cm³/mol. The summed E-state index contributed by atoms with van der Waals surface area (Å²) in [5, 5.41) is 1.42. The van der Waals surface area contributed by atoms with Crippen molar-refractivity contribution < 1.29 is 0 Å². The zero-order valence-corrected chi connectivity index (χ0v) is 9.92. The van der Waals surface area contributed by atoms with Gasteiger partial charge in [-0.1, -0.05) is 44.4 Å². The van der Waals surface area contributed by atoms with Crippen LogP contribution in [-0.4, -0.2) is 4.98 Å². The van der Waals surface area contributed by atoms with Gasteiger partial charge in [-0.05, 0) is 29.9 Å². The molecule has 1 aliphatic rings. The molecule has 1 saturated carbocycles. The maximum absolute atomic E-state index is 3.41. The van der Waals surface area contributed by atoms with Gasteiger partial charge >= 0.3 is 0 Å². The van der Waals surface area contributed by atoms with Gasteiger partial charge in [0.2, 0.25) is 0 Å². The third-order valence-electron chi connectivity index (χ3n) is 4.20. The van der Waals surface area contributed by atoms with E-state index >= 15 is 0 Å². The Hall–Kier alpha value is -1.24. The first-order chi connectivity index (χ1) is 7.80. The van der Waals surface area contributed by atoms with Crippen LogP contribution in [0, 0.1) is 0 Å². The highest BCUT2D eigenvalue weighted by molar-refractivity contribution is 5.84. The third-order valence-corrected chi connectivity index (χ3v) is 4.20. The van der Waals surface area contributed by atoms with Crippen LogP contribution in [0.25, 0.3) is 10.9 Å². The van der Waals surface area contributed by atoms with Crippen LogP contribution >= 0.6 is 0 Å². The van der Waals surface area contributed by atoms with Gasteiger partial charge in [0.1, 0.15) is 0 Å². The summed E-state index contributed by atoms with van der Waals surface area (Å²) >= 11 is 0. The molecule has 1 nitrogen and oxygen atoms in total. The highest BCUT2D eigenvalue weighted by atomic mass is 14.7. The first-order valence-corrected chi connectivity index (χ1v) is 6.36. The van der Waals surface area contributed by atoms with Gasteiger partial charge in [-0.25, -0.2) is 0 Å². The SMILES string of the molecule is CC1(c2c[nH]c3ccccc23)CCCCC1. The van der Waals surface area contributed by atoms with E-state index < -0.39 is 0 Å². The summed E-state index contributed by atoms with van der Waals surface area (Å²) in [6.07, 6.45) is 9.10. The smallest absolute Gasteiger partial charge is 0.0457 e. The lowest BCUT2D eigenvalue weighted by atomic mass is 9.71. The van der Waals surface area contributed by atoms with Crippen molar-refractivity contribution in [3.8, 4) is 0 Å². The molecule has 0 radical (unpaired) electrons. The molecular formula is C15H19N. The summed E-state index contributed by atoms with van der Waals surface area (Å²) in [5.74, 6) is 0. The summed E-state index contributed by atoms with van der Waals surface area (Å²) in [7, 11) is 0. The number of nitrogens with one attached hydrogen (secondary N) is 1. The van der Waals surface area contributed by atoms with Crippen LogP contribution in [0.4, 0.5) is 0 Å². The Kier molecular flexibility index (Phi) is 2.27. The van der Waals surface area contributed by atoms with E-state index in [2.05, 4.69) is 42.4 Å². The lowest BCUT2D eigenvalue weighted by molar-refractivity contribution is 0.322. The summed E-state index contributed by atoms with van der Waals surface area (Å²) < 4.78 is 0. The second kappa shape index (κ2) is 3.65. The Bertz CT molecular complexity index is 489. The topological polar surface area (TPSA) is 15.8 Å². The molecule has 1 N–H and O–H groups in total. The van der Waals surface area contributed by atoms with Gasteiger partial charge in [-0.15, -0.1) is 0 Å². The number of H-pyrrole nitrogens is 1. The molecule has 0 saturated heterocycles. The second-order valence-corrected chi connectivity index (χ2v) is 5.37. The van der Waals surface area contributed by atoms with Gasteiger partial charge in [0.05, 0.1) is 0 Å². The number of rotatable bonds is 1. The quantitative estimate of drug-likeness (QED) is 0.723. The molecule has 0 bridgehead atoms. The van der Waals surface area contributed by atoms with E-state index in [0.717, 1.165) is 0 Å². The highest BCUT2D eigenvalue weighted by Gasteiger charge is 2.30. The van der Waals surface area contributed by atoms with Crippen LogP contribution in [0.2, 0.25) is 0 Å². The van der Waals surface area contributed by atoms with Crippen LogP contribution in [0.3, 0.4) is 0 Å². The predicted octanol–water partition coefficient (Wildman–Crippen LogP) is 4.39. The van der Waals surface area contributed by atoms with Crippen LogP contribution < -0.4 is 0 Å². The van der Waals surface area contributed by atoms with Crippen molar-refractivity contribution in [1.29, 1.82) is 0 Å². The number of aromatic nitrogens is 1. The van der Waals surface area contributed by atoms with E-state index in [0.29, 0.717) is 5.41 Å². The van der Waals surface area contributed by atoms with Crippen LogP contribution in [0.1, 0.15) is 44.6 Å². The lowest BCUT2D eigenvalue weighted by Gasteiger charge is -2.33. The van der Waals surface area contributed by atoms with Gasteiger partial charge in [0.25, 0.3) is 0 Å². The van der Waals surface area contributed by atoms with E-state index in [1.807, 2.05) is 0 Å². The minimum Gasteiger partial charge on any atom is -0.361 e. The molecular weight excluding hydrogens is 194 g/mol. The van der Waals surface area contributed by atoms with Gasteiger partial charge in [-0.2, -0.15) is 0 Å². The zero-order chi connectivity index (χ0) is 11.0. The number of benzene rings is 1. The Morgan fingerprint density at radius 3 is 2.62 bits per heavy atom. The average molecular weight is 213 g/mol. The third kappa shape index (κ3) is 1.46. The second-order valence-electron chi connectivity index (χ2n) is 5.37. The molecule has 1 aromatic carbocycles. The van der Waals surface area contributed by atoms with Crippen LogP contribution in [-0.2, 0) is 5.41 Å². The van der Waals surface area contributed by atoms with E-state index in [1.165, 1.54) is 48.6 Å². The minimum atomic E-state index is 0.401. The van der Waals surface area contributed by atoms with Crippen molar-refractivity contribution in [2.45, 2.75) is 44.4 Å². The normalized spacial score (nSPS) is 20.1. The van der Waals surface area contributed by atoms with Crippen molar-refractivity contribution >= 4 is 10.9 Å². The number of para-hydroxylation sites is 1. The van der Waals surface area contributed by atoms with Gasteiger partial charge in [0, 0.05) is 17.1 Å². The van der Waals surface area contributed by atoms with E-state index in [4.69, 9.17) is 0 Å². The standard InChI is InChI=1S/C15H19N/c1-15(9-5-2-6-10-15)13-11-16-14-8-4-3-7-12(13)14/h3-4,7-8,11,16H,2,5-6,9-10H2,1H3. The molecule has 1 heteroatoms. The summed E-state index contributed by atoms with van der Waals surface area (Å²) in [6, 6.07) is 8.67. The molecule has 1 heterocycles. The first kappa shape index (κ1) is 9.95. The summed E-state index contributed by atoms with van der Waals surface area (Å²) in [6.45, 7) is 2.43. The molecule has 0 aliphatic heterocycles. The molecule has 0 spiro atoms. The van der Waals surface area contributed by atoms with Crippen molar-refractivity contribution in [2.75, 3.05) is 0 Å². The number of aromatic amines is 1. The maximum atomic E-state index is 3.41. The summed E-state index contributed by atoms with van der Waals surface area (Å²) in [5.41, 5.74) is 3.21. The molecule has 0 unspecified atom stereocenters. The molecule has 2 aromatic rings. The van der Waals surface area contributed by atoms with E-state index in [-0.39, 0.29) is 0 Å². The molecule has 0 amide bonds. The zero-order valence-electron chi connectivity index (χ0n) is 9.92. The molecule has 1 fully saturated rings. The summed E-state index contributed by atoms with van der Waals surface area (Å²) in [4.78, 5) is 3.41. The Balaban J connectivity index is 2.11. The number of fused-ring (bicyclic) bond motifs is 1. The first-order valence-electron chi connectivity index (χ1n) is 6.36. The average Bonchev–Trinajstić information content (AvgIpc) is 2.74. The van der Waals surface area contributed by atoms with Crippen molar-refractivity contribution in [1.82, 2.24) is 4.98 Å². The number of hydrogen-bond donors (Lipinski definition) is 1. The van der Waals surface area contributed by atoms with Crippen molar-refractivity contribution in [3.05, 3.63) is 36.0 Å². The molecule has 1 aliphatic carbocycles. The molecule has 0 atom stereocenters. The maximum Gasteiger partial charge on any atom is 0.0457 e. The van der Waals surface area contributed by atoms with Gasteiger partial charge in [-0.3, -0.25) is 0 Å². The Morgan fingerprint density at radius 2 is 1.81 bits per heavy atom.